The van der Waals surface area contributed by atoms with Crippen LogP contribution in [0.25, 0.3) is 21.9 Å². The average Bonchev–Trinajstić information content (AvgIpc) is 2.33. The predicted octanol–water partition coefficient (Wildman–Crippen LogP) is 4.97. The monoisotopic (exact) mass is 434 g/mol. The van der Waals surface area contributed by atoms with Gasteiger partial charge in [0.2, 0.25) is 5.43 Å². The van der Waals surface area contributed by atoms with Gasteiger partial charge in [-0.2, -0.15) is 0 Å². The Kier molecular flexibility index (Phi) is 3.11. The molecule has 0 saturated heterocycles. The minimum absolute atomic E-state index is 0.0563. The number of hydrogen-bond acceptors (Lipinski definition) is 2. The summed E-state index contributed by atoms with van der Waals surface area (Å²) in [5.41, 5.74) is 1.06. The van der Waals surface area contributed by atoms with Crippen LogP contribution in [-0.4, -0.2) is 0 Å². The van der Waals surface area contributed by atoms with Crippen molar-refractivity contribution in [2.75, 3.05) is 0 Å². The summed E-state index contributed by atoms with van der Waals surface area (Å²) in [4.78, 5) is 12.4. The smallest absolute Gasteiger partial charge is 0.200 e. The van der Waals surface area contributed by atoms with E-state index in [0.29, 0.717) is 31.4 Å². The van der Waals surface area contributed by atoms with Crippen molar-refractivity contribution in [3.63, 3.8) is 0 Å². The Morgan fingerprint density at radius 2 is 1.83 bits per heavy atom. The molecule has 18 heavy (non-hydrogen) atoms. The van der Waals surface area contributed by atoms with E-state index in [1.807, 2.05) is 12.1 Å². The first-order valence-electron chi connectivity index (χ1n) is 5.07. The number of hydrogen-bond donors (Lipinski definition) is 0. The molecule has 0 radical (unpaired) electrons. The summed E-state index contributed by atoms with van der Waals surface area (Å²) in [5, 5.41) is 1.57. The molecule has 0 spiro atoms. The van der Waals surface area contributed by atoms with Gasteiger partial charge in [0.25, 0.3) is 0 Å². The van der Waals surface area contributed by atoms with E-state index in [1.165, 1.54) is 0 Å². The lowest BCUT2D eigenvalue weighted by atomic mass is 10.1. The van der Waals surface area contributed by atoms with E-state index in [4.69, 9.17) is 16.0 Å². The van der Waals surface area contributed by atoms with Crippen molar-refractivity contribution in [2.24, 2.45) is 0 Å². The Morgan fingerprint density at radius 1 is 1.11 bits per heavy atom. The Bertz CT molecular complexity index is 842. The van der Waals surface area contributed by atoms with Gasteiger partial charge in [-0.05, 0) is 68.9 Å². The van der Waals surface area contributed by atoms with Gasteiger partial charge in [-0.15, -0.1) is 0 Å². The Morgan fingerprint density at radius 3 is 2.61 bits per heavy atom. The molecule has 3 aromatic rings. The molecule has 0 amide bonds. The summed E-state index contributed by atoms with van der Waals surface area (Å²) >= 11 is 11.5. The maximum Gasteiger partial charge on any atom is 0.200 e. The topological polar surface area (TPSA) is 30.2 Å². The van der Waals surface area contributed by atoms with Gasteiger partial charge in [0.05, 0.1) is 15.8 Å². The van der Waals surface area contributed by atoms with Crippen LogP contribution in [0.4, 0.5) is 0 Å². The summed E-state index contributed by atoms with van der Waals surface area (Å²) in [6, 6.07) is 8.88. The molecule has 3 rings (SSSR count). The maximum absolute atomic E-state index is 12.4. The maximum atomic E-state index is 12.4. The molecule has 1 heterocycles. The molecule has 0 aliphatic heterocycles. The first-order valence-corrected chi connectivity index (χ1v) is 7.32. The van der Waals surface area contributed by atoms with Crippen LogP contribution in [0.2, 0.25) is 5.02 Å². The number of benzene rings is 2. The predicted molar refractivity (Wildman–Crippen MR) is 85.4 cm³/mol. The second-order valence-corrected chi connectivity index (χ2v) is 6.34. The van der Waals surface area contributed by atoms with Gasteiger partial charge in [0.15, 0.2) is 0 Å². The zero-order valence-electron chi connectivity index (χ0n) is 8.84. The highest BCUT2D eigenvalue weighted by molar-refractivity contribution is 14.1. The van der Waals surface area contributed by atoms with E-state index in [9.17, 15) is 4.79 Å². The summed E-state index contributed by atoms with van der Waals surface area (Å²) in [7, 11) is 0. The molecule has 0 aliphatic carbocycles. The van der Waals surface area contributed by atoms with Gasteiger partial charge >= 0.3 is 0 Å². The van der Waals surface area contributed by atoms with Crippen molar-refractivity contribution in [3.8, 4) is 0 Å². The fourth-order valence-electron chi connectivity index (χ4n) is 1.82. The lowest BCUT2D eigenvalue weighted by Crippen LogP contribution is -2.02. The largest absolute Gasteiger partial charge is 0.456 e. The van der Waals surface area contributed by atoms with Crippen LogP contribution >= 0.6 is 50.1 Å². The number of fused-ring (bicyclic) bond motifs is 2. The molecular formula is C13H5BrClIO2. The van der Waals surface area contributed by atoms with Crippen molar-refractivity contribution in [1.29, 1.82) is 0 Å². The number of rotatable bonds is 0. The van der Waals surface area contributed by atoms with Crippen LogP contribution in [-0.2, 0) is 0 Å². The highest BCUT2D eigenvalue weighted by Crippen LogP contribution is 2.28. The highest BCUT2D eigenvalue weighted by Gasteiger charge is 2.10. The van der Waals surface area contributed by atoms with Crippen LogP contribution in [0.15, 0.2) is 44.0 Å². The Balaban J connectivity index is 2.57. The number of halogens is 3. The SMILES string of the molecule is O=c1c2cc(I)ccc2oc2cc(Br)c(Cl)cc12. The summed E-state index contributed by atoms with van der Waals surface area (Å²) < 4.78 is 7.43. The van der Waals surface area contributed by atoms with Crippen LogP contribution in [0.1, 0.15) is 0 Å². The molecule has 90 valence electrons. The van der Waals surface area contributed by atoms with Gasteiger partial charge in [-0.1, -0.05) is 11.6 Å². The first-order chi connectivity index (χ1) is 8.56. The fraction of sp³-hybridized carbons (Fsp3) is 0. The summed E-state index contributed by atoms with van der Waals surface area (Å²) in [5.74, 6) is 0. The standard InChI is InChI=1S/C13H5BrClIO2/c14-9-5-12-8(4-10(9)15)13(17)7-3-6(16)1-2-11(7)18-12/h1-5H. The normalized spacial score (nSPS) is 11.3. The van der Waals surface area contributed by atoms with Crippen molar-refractivity contribution < 1.29 is 4.42 Å². The molecule has 1 aromatic heterocycles. The summed E-state index contributed by atoms with van der Waals surface area (Å²) in [6.07, 6.45) is 0. The molecule has 0 N–H and O–H groups in total. The van der Waals surface area contributed by atoms with Crippen LogP contribution in [0, 0.1) is 3.57 Å². The lowest BCUT2D eigenvalue weighted by molar-refractivity contribution is 0.659. The molecule has 2 nitrogen and oxygen atoms in total. The van der Waals surface area contributed by atoms with E-state index < -0.39 is 0 Å². The zero-order chi connectivity index (χ0) is 12.9. The second-order valence-electron chi connectivity index (χ2n) is 3.83. The second kappa shape index (κ2) is 4.51. The quantitative estimate of drug-likeness (QED) is 0.369. The Labute approximate surface area is 129 Å². The molecule has 5 heteroatoms. The molecule has 0 saturated carbocycles. The van der Waals surface area contributed by atoms with Gasteiger partial charge < -0.3 is 4.42 Å². The molecule has 0 bridgehead atoms. The third kappa shape index (κ3) is 1.96. The molecule has 0 fully saturated rings. The third-order valence-electron chi connectivity index (χ3n) is 2.67. The van der Waals surface area contributed by atoms with Gasteiger partial charge in [0.1, 0.15) is 11.2 Å². The summed E-state index contributed by atoms with van der Waals surface area (Å²) in [6.45, 7) is 0. The third-order valence-corrected chi connectivity index (χ3v) is 4.54. The lowest BCUT2D eigenvalue weighted by Gasteiger charge is -2.03. The van der Waals surface area contributed by atoms with E-state index in [1.54, 1.807) is 18.2 Å². The van der Waals surface area contributed by atoms with E-state index >= 15 is 0 Å². The molecule has 0 aliphatic rings. The zero-order valence-corrected chi connectivity index (χ0v) is 13.3. The van der Waals surface area contributed by atoms with E-state index in [-0.39, 0.29) is 5.43 Å². The highest BCUT2D eigenvalue weighted by atomic mass is 127. The van der Waals surface area contributed by atoms with Gasteiger partial charge in [-0.25, -0.2) is 0 Å². The molecule has 0 atom stereocenters. The molecule has 0 unspecified atom stereocenters. The average molecular weight is 435 g/mol. The minimum Gasteiger partial charge on any atom is -0.456 e. The van der Waals surface area contributed by atoms with Crippen LogP contribution in [0.5, 0.6) is 0 Å². The Hall–Kier alpha value is -0.590. The first kappa shape index (κ1) is 12.4. The van der Waals surface area contributed by atoms with E-state index in [0.717, 1.165) is 3.57 Å². The van der Waals surface area contributed by atoms with Crippen LogP contribution in [0.3, 0.4) is 0 Å². The van der Waals surface area contributed by atoms with Crippen molar-refractivity contribution in [2.45, 2.75) is 0 Å². The van der Waals surface area contributed by atoms with Crippen molar-refractivity contribution in [3.05, 3.63) is 53.6 Å². The van der Waals surface area contributed by atoms with Gasteiger partial charge in [0, 0.05) is 8.04 Å². The minimum atomic E-state index is -0.0563. The molecule has 2 aromatic carbocycles. The molecular weight excluding hydrogens is 430 g/mol. The van der Waals surface area contributed by atoms with Crippen LogP contribution < -0.4 is 5.43 Å². The fourth-order valence-corrected chi connectivity index (χ4v) is 2.80. The van der Waals surface area contributed by atoms with E-state index in [2.05, 4.69) is 38.5 Å². The van der Waals surface area contributed by atoms with Gasteiger partial charge in [-0.3, -0.25) is 4.79 Å². The van der Waals surface area contributed by atoms with Crippen molar-refractivity contribution in [1.82, 2.24) is 0 Å². The van der Waals surface area contributed by atoms with Crippen molar-refractivity contribution >= 4 is 72.1 Å².